The molecular formula is C18H20N2O5. The number of rotatable bonds is 7. The average molecular weight is 344 g/mol. The Labute approximate surface area is 143 Å². The lowest BCUT2D eigenvalue weighted by Crippen LogP contribution is -2.22. The van der Waals surface area contributed by atoms with Crippen LogP contribution in [-0.2, 0) is 6.42 Å². The highest BCUT2D eigenvalue weighted by Gasteiger charge is 2.09. The first-order chi connectivity index (χ1) is 12.1. The van der Waals surface area contributed by atoms with Gasteiger partial charge in [0.15, 0.2) is 0 Å². The Hall–Kier alpha value is -2.83. The fourth-order valence-corrected chi connectivity index (χ4v) is 2.47. The number of benzene rings is 1. The summed E-state index contributed by atoms with van der Waals surface area (Å²) in [6.07, 6.45) is 3.98. The maximum Gasteiger partial charge on any atom is 0.442 e. The zero-order valence-electron chi connectivity index (χ0n) is 14.2. The molecule has 132 valence electrons. The quantitative estimate of drug-likeness (QED) is 0.484. The number of aromatic nitrogens is 2. The van der Waals surface area contributed by atoms with E-state index in [4.69, 9.17) is 13.7 Å². The molecule has 1 unspecified atom stereocenters. The zero-order valence-corrected chi connectivity index (χ0v) is 14.2. The van der Waals surface area contributed by atoms with Gasteiger partial charge in [-0.3, -0.25) is 0 Å². The van der Waals surface area contributed by atoms with Gasteiger partial charge in [-0.2, -0.15) is 4.98 Å². The SMILES string of the molecule is CCC(C)c1ccc(OCCCc2cn3oc(=O)c(=O)oc3n2)cc1. The smallest absolute Gasteiger partial charge is 0.442 e. The van der Waals surface area contributed by atoms with Crippen LogP contribution in [0.5, 0.6) is 5.75 Å². The lowest BCUT2D eigenvalue weighted by molar-refractivity contribution is 0.275. The van der Waals surface area contributed by atoms with Gasteiger partial charge in [0.25, 0.3) is 0 Å². The molecule has 7 heteroatoms. The van der Waals surface area contributed by atoms with Crippen LogP contribution in [0.2, 0.25) is 0 Å². The highest BCUT2D eigenvalue weighted by molar-refractivity contribution is 5.29. The van der Waals surface area contributed by atoms with Crippen LogP contribution in [0.15, 0.2) is 49.0 Å². The number of hydrogen-bond acceptors (Lipinski definition) is 6. The summed E-state index contributed by atoms with van der Waals surface area (Å²) in [6.45, 7) is 4.91. The van der Waals surface area contributed by atoms with Crippen LogP contribution < -0.4 is 16.0 Å². The molecule has 1 aromatic carbocycles. The van der Waals surface area contributed by atoms with E-state index in [1.165, 1.54) is 11.8 Å². The van der Waals surface area contributed by atoms with Crippen LogP contribution in [-0.4, -0.2) is 16.2 Å². The second kappa shape index (κ2) is 7.38. The Bertz CT molecular complexity index is 905. The lowest BCUT2D eigenvalue weighted by atomic mass is 9.99. The van der Waals surface area contributed by atoms with Gasteiger partial charge in [0.1, 0.15) is 5.75 Å². The number of imidazole rings is 1. The van der Waals surface area contributed by atoms with E-state index in [0.29, 0.717) is 24.6 Å². The number of fused-ring (bicyclic) bond motifs is 1. The normalized spacial score (nSPS) is 12.4. The van der Waals surface area contributed by atoms with Gasteiger partial charge in [-0.1, -0.05) is 26.0 Å². The van der Waals surface area contributed by atoms with Crippen molar-refractivity contribution in [2.45, 2.75) is 39.0 Å². The van der Waals surface area contributed by atoms with Crippen molar-refractivity contribution in [3.05, 3.63) is 62.6 Å². The highest BCUT2D eigenvalue weighted by atomic mass is 16.6. The predicted octanol–water partition coefficient (Wildman–Crippen LogP) is 2.77. The van der Waals surface area contributed by atoms with E-state index >= 15 is 0 Å². The molecule has 3 aromatic rings. The molecule has 25 heavy (non-hydrogen) atoms. The van der Waals surface area contributed by atoms with E-state index in [2.05, 4.69) is 31.0 Å². The maximum atomic E-state index is 11.1. The monoisotopic (exact) mass is 344 g/mol. The summed E-state index contributed by atoms with van der Waals surface area (Å²) < 4.78 is 16.3. The van der Waals surface area contributed by atoms with Crippen LogP contribution in [0.4, 0.5) is 0 Å². The van der Waals surface area contributed by atoms with Crippen molar-refractivity contribution in [3.63, 3.8) is 0 Å². The van der Waals surface area contributed by atoms with Crippen LogP contribution in [0.3, 0.4) is 0 Å². The number of hydrogen-bond donors (Lipinski definition) is 0. The molecule has 1 atom stereocenters. The molecule has 0 spiro atoms. The molecular weight excluding hydrogens is 324 g/mol. The second-order valence-electron chi connectivity index (χ2n) is 5.94. The Morgan fingerprint density at radius 3 is 2.68 bits per heavy atom. The number of ether oxygens (including phenoxy) is 1. The van der Waals surface area contributed by atoms with Gasteiger partial charge in [0.05, 0.1) is 18.5 Å². The molecule has 0 bridgehead atoms. The molecule has 0 fully saturated rings. The zero-order chi connectivity index (χ0) is 17.8. The van der Waals surface area contributed by atoms with Crippen LogP contribution in [0, 0.1) is 0 Å². The Morgan fingerprint density at radius 1 is 1.20 bits per heavy atom. The van der Waals surface area contributed by atoms with Gasteiger partial charge in [-0.25, -0.2) is 9.59 Å². The summed E-state index contributed by atoms with van der Waals surface area (Å²) in [5.41, 5.74) is -0.148. The fraction of sp³-hybridized carbons (Fsp3) is 0.389. The van der Waals surface area contributed by atoms with E-state index in [9.17, 15) is 9.59 Å². The maximum absolute atomic E-state index is 11.1. The Balaban J connectivity index is 1.53. The van der Waals surface area contributed by atoms with E-state index in [0.717, 1.165) is 23.2 Å². The minimum atomic E-state index is -1.06. The van der Waals surface area contributed by atoms with Crippen LogP contribution >= 0.6 is 0 Å². The van der Waals surface area contributed by atoms with Gasteiger partial charge in [0, 0.05) is 0 Å². The van der Waals surface area contributed by atoms with Crippen molar-refractivity contribution in [1.29, 1.82) is 0 Å². The fourth-order valence-electron chi connectivity index (χ4n) is 2.47. The van der Waals surface area contributed by atoms with Gasteiger partial charge < -0.3 is 13.7 Å². The van der Waals surface area contributed by atoms with Crippen LogP contribution in [0.25, 0.3) is 5.84 Å². The molecule has 0 saturated heterocycles. The number of aryl methyl sites for hydroxylation is 1. The summed E-state index contributed by atoms with van der Waals surface area (Å²) in [7, 11) is 0. The van der Waals surface area contributed by atoms with Crippen LogP contribution in [0.1, 0.15) is 43.9 Å². The Morgan fingerprint density at radius 2 is 1.96 bits per heavy atom. The summed E-state index contributed by atoms with van der Waals surface area (Å²) >= 11 is 0. The third-order valence-corrected chi connectivity index (χ3v) is 4.13. The molecule has 0 saturated carbocycles. The molecule has 2 aromatic heterocycles. The topological polar surface area (TPSA) is 87.0 Å². The van der Waals surface area contributed by atoms with E-state index in [1.54, 1.807) is 0 Å². The summed E-state index contributed by atoms with van der Waals surface area (Å²) in [5, 5.41) is 0. The molecule has 0 aliphatic carbocycles. The highest BCUT2D eigenvalue weighted by Crippen LogP contribution is 2.21. The minimum Gasteiger partial charge on any atom is -0.494 e. The molecule has 2 heterocycles. The predicted molar refractivity (Wildman–Crippen MR) is 91.2 cm³/mol. The average Bonchev–Trinajstić information content (AvgIpc) is 3.00. The largest absolute Gasteiger partial charge is 0.494 e. The van der Waals surface area contributed by atoms with E-state index < -0.39 is 11.3 Å². The van der Waals surface area contributed by atoms with Gasteiger partial charge in [-0.15, -0.1) is 4.57 Å². The second-order valence-corrected chi connectivity index (χ2v) is 5.94. The Kier molecular flexibility index (Phi) is 5.02. The molecule has 0 amide bonds. The molecule has 0 radical (unpaired) electrons. The summed E-state index contributed by atoms with van der Waals surface area (Å²) in [5.74, 6) is 1.35. The van der Waals surface area contributed by atoms with Gasteiger partial charge in [-0.05, 0) is 42.9 Å². The minimum absolute atomic E-state index is 0.0267. The van der Waals surface area contributed by atoms with E-state index in [1.807, 2.05) is 12.1 Å². The lowest BCUT2D eigenvalue weighted by Gasteiger charge is -2.10. The summed E-state index contributed by atoms with van der Waals surface area (Å²) in [4.78, 5) is 26.3. The van der Waals surface area contributed by atoms with E-state index in [-0.39, 0.29) is 5.84 Å². The molecule has 3 rings (SSSR count). The third kappa shape index (κ3) is 3.99. The van der Waals surface area contributed by atoms with Crippen molar-refractivity contribution in [2.24, 2.45) is 0 Å². The number of nitrogens with zero attached hydrogens (tertiary/aromatic N) is 2. The molecule has 0 aliphatic heterocycles. The standard InChI is InChI=1S/C18H20N2O5/c1-3-12(2)13-6-8-15(9-7-13)23-10-4-5-14-11-20-18(19-14)24-16(21)17(22)25-20/h6-9,11-12H,3-5,10H2,1-2H3. The van der Waals surface area contributed by atoms with Crippen molar-refractivity contribution in [1.82, 2.24) is 9.56 Å². The first-order valence-corrected chi connectivity index (χ1v) is 8.32. The first-order valence-electron chi connectivity index (χ1n) is 8.32. The third-order valence-electron chi connectivity index (χ3n) is 4.13. The van der Waals surface area contributed by atoms with Gasteiger partial charge in [0.2, 0.25) is 0 Å². The summed E-state index contributed by atoms with van der Waals surface area (Å²) in [6, 6.07) is 8.15. The van der Waals surface area contributed by atoms with Crippen molar-refractivity contribution in [2.75, 3.05) is 6.61 Å². The van der Waals surface area contributed by atoms with Crippen molar-refractivity contribution in [3.8, 4) is 5.75 Å². The van der Waals surface area contributed by atoms with Gasteiger partial charge >= 0.3 is 17.1 Å². The van der Waals surface area contributed by atoms with Crippen molar-refractivity contribution >= 4 is 5.84 Å². The van der Waals surface area contributed by atoms with Crippen molar-refractivity contribution < 1.29 is 13.7 Å². The molecule has 0 N–H and O–H groups in total. The molecule has 7 nitrogen and oxygen atoms in total. The first kappa shape index (κ1) is 17.0. The molecule has 0 aliphatic rings.